The fourth-order valence-corrected chi connectivity index (χ4v) is 6.61. The maximum absolute atomic E-state index is 12.9. The number of thioether (sulfide) groups is 2. The van der Waals surface area contributed by atoms with Crippen molar-refractivity contribution >= 4 is 57.9 Å². The highest BCUT2D eigenvalue weighted by Crippen LogP contribution is 2.41. The predicted molar refractivity (Wildman–Crippen MR) is 126 cm³/mol. The zero-order chi connectivity index (χ0) is 26.7. The molecule has 3 N–H and O–H groups in total. The summed E-state index contributed by atoms with van der Waals surface area (Å²) < 4.78 is 37.0. The minimum Gasteiger partial charge on any atom is -0.477 e. The summed E-state index contributed by atoms with van der Waals surface area (Å²) >= 11 is 2.15. The summed E-state index contributed by atoms with van der Waals surface area (Å²) in [7, 11) is -4.41. The molecule has 2 amide bonds. The van der Waals surface area contributed by atoms with E-state index in [2.05, 4.69) is 20.8 Å². The predicted octanol–water partition coefficient (Wildman–Crippen LogP) is -0.737. The lowest BCUT2D eigenvalue weighted by molar-refractivity contribution is -0.154. The first-order valence-electron chi connectivity index (χ1n) is 10.3. The van der Waals surface area contributed by atoms with Crippen molar-refractivity contribution in [3.8, 4) is 0 Å². The number of fused-ring (bicyclic) bond motifs is 1. The Morgan fingerprint density at radius 2 is 2.05 bits per heavy atom. The average Bonchev–Trinajstić information content (AvgIpc) is 3.29. The smallest absolute Gasteiger partial charge is 0.352 e. The Hall–Kier alpha value is -3.48. The second kappa shape index (κ2) is 10.9. The number of hydrogen-bond donors (Lipinski definition) is 3. The van der Waals surface area contributed by atoms with Gasteiger partial charge in [0.25, 0.3) is 28.4 Å². The third-order valence-electron chi connectivity index (χ3n) is 5.24. The van der Waals surface area contributed by atoms with Crippen LogP contribution in [0, 0.1) is 0 Å². The fourth-order valence-electron chi connectivity index (χ4n) is 3.69. The van der Waals surface area contributed by atoms with E-state index in [-0.39, 0.29) is 28.8 Å². The Morgan fingerprint density at radius 3 is 2.70 bits per heavy atom. The normalized spacial score (nSPS) is 20.0. The van der Waals surface area contributed by atoms with Gasteiger partial charge in [-0.3, -0.25) is 23.8 Å². The summed E-state index contributed by atoms with van der Waals surface area (Å²) in [4.78, 5) is 49.8. The third-order valence-corrected chi connectivity index (χ3v) is 8.19. The van der Waals surface area contributed by atoms with E-state index in [0.29, 0.717) is 11.1 Å². The van der Waals surface area contributed by atoms with Crippen molar-refractivity contribution in [3.63, 3.8) is 0 Å². The number of amides is 2. The number of hydrogen-bond acceptors (Lipinski definition) is 12. The second-order valence-electron chi connectivity index (χ2n) is 7.64. The first-order chi connectivity index (χ1) is 17.6. The Balaban J connectivity index is 1.48. The summed E-state index contributed by atoms with van der Waals surface area (Å²) in [6, 6.07) is 7.16. The number of carboxylic acid groups (broad SMARTS) is 1. The maximum atomic E-state index is 12.9. The number of aromatic nitrogens is 4. The number of aliphatic carboxylic acids is 1. The van der Waals surface area contributed by atoms with Crippen molar-refractivity contribution < 1.29 is 42.0 Å². The molecule has 15 nitrogen and oxygen atoms in total. The first kappa shape index (κ1) is 26.6. The number of carbonyl (C=O) groups excluding carboxylic acids is 3. The molecule has 2 unspecified atom stereocenters. The van der Waals surface area contributed by atoms with Crippen molar-refractivity contribution in [1.82, 2.24) is 30.4 Å². The van der Waals surface area contributed by atoms with Gasteiger partial charge in [0.05, 0.1) is 0 Å². The quantitative estimate of drug-likeness (QED) is 0.132. The lowest BCUT2D eigenvalue weighted by Crippen LogP contribution is -2.71. The zero-order valence-electron chi connectivity index (χ0n) is 18.5. The van der Waals surface area contributed by atoms with Gasteiger partial charge in [0, 0.05) is 17.1 Å². The third kappa shape index (κ3) is 5.76. The number of carbonyl (C=O) groups is 4. The molecule has 2 aliphatic heterocycles. The number of ether oxygens (including phenoxy) is 1. The fraction of sp³-hybridized carbons (Fsp3) is 0.316. The molecular formula is C19H18N6O9S3. The number of benzene rings is 1. The maximum Gasteiger partial charge on any atom is 0.352 e. The molecule has 1 aromatic carbocycles. The van der Waals surface area contributed by atoms with Crippen LogP contribution in [0.15, 0.2) is 46.8 Å². The number of β-lactam (4-membered cyclic amide) rings is 1. The average molecular weight is 571 g/mol. The molecule has 3 heterocycles. The number of carboxylic acids is 1. The lowest BCUT2D eigenvalue weighted by Gasteiger charge is -2.49. The van der Waals surface area contributed by atoms with Crippen molar-refractivity contribution in [2.45, 2.75) is 28.6 Å². The van der Waals surface area contributed by atoms with Gasteiger partial charge in [0.2, 0.25) is 11.3 Å². The van der Waals surface area contributed by atoms with E-state index in [9.17, 15) is 32.7 Å². The zero-order valence-corrected chi connectivity index (χ0v) is 21.0. The number of nitrogens with one attached hydrogen (secondary N) is 1. The van der Waals surface area contributed by atoms with Gasteiger partial charge >= 0.3 is 5.97 Å². The second-order valence-corrected chi connectivity index (χ2v) is 11.1. The van der Waals surface area contributed by atoms with E-state index >= 15 is 0 Å². The molecule has 1 fully saturated rings. The molecule has 196 valence electrons. The van der Waals surface area contributed by atoms with Crippen LogP contribution in [0.4, 0.5) is 0 Å². The van der Waals surface area contributed by atoms with E-state index in [1.807, 2.05) is 0 Å². The summed E-state index contributed by atoms with van der Waals surface area (Å²) in [6.07, 6.45) is -1.29. The van der Waals surface area contributed by atoms with E-state index in [1.54, 1.807) is 30.3 Å². The first-order valence-corrected chi connectivity index (χ1v) is 13.9. The van der Waals surface area contributed by atoms with Crippen molar-refractivity contribution in [2.24, 2.45) is 0 Å². The minimum absolute atomic E-state index is 0.0112. The molecule has 37 heavy (non-hydrogen) atoms. The van der Waals surface area contributed by atoms with Crippen LogP contribution < -0.4 is 5.32 Å². The summed E-state index contributed by atoms with van der Waals surface area (Å²) in [6.45, 7) is 0.128. The monoisotopic (exact) mass is 570 g/mol. The number of rotatable bonds is 11. The molecule has 2 aliphatic rings. The largest absolute Gasteiger partial charge is 0.477 e. The van der Waals surface area contributed by atoms with Crippen LogP contribution in [-0.4, -0.2) is 90.4 Å². The Kier molecular flexibility index (Phi) is 7.81. The molecule has 1 saturated heterocycles. The van der Waals surface area contributed by atoms with Crippen LogP contribution >= 0.6 is 23.5 Å². The van der Waals surface area contributed by atoms with Gasteiger partial charge in [0.15, 0.2) is 5.88 Å². The molecule has 0 aliphatic carbocycles. The molecule has 0 radical (unpaired) electrons. The standard InChI is InChI=1S/C19H18N6O9S3/c26-9-34-14(10-4-2-1-3-5-10)15(27)20-12-16(28)25-13(18(29)30)11(6-35-17(12)25)7-36-19-21-22-23-24(19)8-37(31,32)33/h1-5,9,12,14,17H,6-8H2,(H,20,27)(H,29,30)(H,31,32,33)/t12?,14?,17-/m1/s1. The molecule has 1 aromatic heterocycles. The highest BCUT2D eigenvalue weighted by atomic mass is 32.2. The van der Waals surface area contributed by atoms with Crippen molar-refractivity contribution in [2.75, 3.05) is 11.5 Å². The molecule has 2 aromatic rings. The minimum atomic E-state index is -4.41. The van der Waals surface area contributed by atoms with Crippen LogP contribution in [0.25, 0.3) is 0 Å². The molecular weight excluding hydrogens is 552 g/mol. The Labute approximate surface area is 217 Å². The summed E-state index contributed by atoms with van der Waals surface area (Å²) in [5.74, 6) is -3.43. The Bertz CT molecular complexity index is 1360. The van der Waals surface area contributed by atoms with Crippen LogP contribution in [0.1, 0.15) is 11.7 Å². The van der Waals surface area contributed by atoms with Gasteiger partial charge in [-0.25, -0.2) is 9.48 Å². The van der Waals surface area contributed by atoms with E-state index < -0.39 is 51.3 Å². The molecule has 0 saturated carbocycles. The van der Waals surface area contributed by atoms with Gasteiger partial charge < -0.3 is 15.2 Å². The number of nitrogens with zero attached hydrogens (tertiary/aromatic N) is 5. The van der Waals surface area contributed by atoms with Crippen LogP contribution in [-0.2, 0) is 39.9 Å². The van der Waals surface area contributed by atoms with E-state index in [0.717, 1.165) is 21.3 Å². The van der Waals surface area contributed by atoms with Crippen molar-refractivity contribution in [3.05, 3.63) is 47.2 Å². The van der Waals surface area contributed by atoms with Gasteiger partial charge in [-0.1, -0.05) is 42.1 Å². The molecule has 18 heteroatoms. The molecule has 0 spiro atoms. The van der Waals surface area contributed by atoms with Gasteiger partial charge in [-0.15, -0.1) is 16.9 Å². The van der Waals surface area contributed by atoms with Crippen LogP contribution in [0.2, 0.25) is 0 Å². The Morgan fingerprint density at radius 1 is 1.32 bits per heavy atom. The van der Waals surface area contributed by atoms with Gasteiger partial charge in [-0.05, 0) is 16.0 Å². The molecule has 0 bridgehead atoms. The van der Waals surface area contributed by atoms with Gasteiger partial charge in [0.1, 0.15) is 17.1 Å². The highest BCUT2D eigenvalue weighted by Gasteiger charge is 2.54. The topological polar surface area (TPSA) is 211 Å². The van der Waals surface area contributed by atoms with Gasteiger partial charge in [-0.2, -0.15) is 8.42 Å². The van der Waals surface area contributed by atoms with E-state index in [4.69, 9.17) is 9.29 Å². The van der Waals surface area contributed by atoms with Crippen molar-refractivity contribution in [1.29, 1.82) is 0 Å². The molecule has 3 atom stereocenters. The van der Waals surface area contributed by atoms with Crippen LogP contribution in [0.5, 0.6) is 0 Å². The lowest BCUT2D eigenvalue weighted by atomic mass is 10.0. The van der Waals surface area contributed by atoms with Crippen LogP contribution in [0.3, 0.4) is 0 Å². The van der Waals surface area contributed by atoms with E-state index in [1.165, 1.54) is 11.8 Å². The summed E-state index contributed by atoms with van der Waals surface area (Å²) in [5.41, 5.74) is 0.489. The summed E-state index contributed by atoms with van der Waals surface area (Å²) in [5, 5.41) is 22.2. The number of tetrazole rings is 1. The molecule has 4 rings (SSSR count). The highest BCUT2D eigenvalue weighted by molar-refractivity contribution is 8.01. The SMILES string of the molecule is O=COC(C(=O)NC1C(=O)N2C(C(=O)O)=C(CSc3nnnn3CS(=O)(=O)O)CS[C@H]12)c1ccccc1.